The molecule has 0 aliphatic carbocycles. The van der Waals surface area contributed by atoms with Gasteiger partial charge in [0, 0.05) is 12.6 Å². The van der Waals surface area contributed by atoms with E-state index in [0.717, 1.165) is 25.1 Å². The van der Waals surface area contributed by atoms with Crippen LogP contribution in [0.5, 0.6) is 0 Å². The van der Waals surface area contributed by atoms with E-state index in [9.17, 15) is 0 Å². The molecule has 0 spiro atoms. The summed E-state index contributed by atoms with van der Waals surface area (Å²) in [5.74, 6) is 0.459. The van der Waals surface area contributed by atoms with E-state index in [1.807, 2.05) is 6.92 Å². The van der Waals surface area contributed by atoms with Gasteiger partial charge >= 0.3 is 0 Å². The molecule has 1 rings (SSSR count). The molecule has 80 valence electrons. The van der Waals surface area contributed by atoms with Crippen LogP contribution in [-0.4, -0.2) is 24.4 Å². The van der Waals surface area contributed by atoms with Gasteiger partial charge in [0.1, 0.15) is 5.60 Å². The summed E-state index contributed by atoms with van der Waals surface area (Å²) in [4.78, 5) is 4.44. The summed E-state index contributed by atoms with van der Waals surface area (Å²) in [6.45, 7) is 5.48. The molecule has 0 bridgehead atoms. The minimum absolute atomic E-state index is 0.335. The van der Waals surface area contributed by atoms with Crippen LogP contribution < -0.4 is 11.5 Å². The summed E-state index contributed by atoms with van der Waals surface area (Å²) < 4.78 is 5.52. The maximum absolute atomic E-state index is 5.61. The molecule has 0 aromatic carbocycles. The van der Waals surface area contributed by atoms with E-state index in [-0.39, 0.29) is 5.60 Å². The third-order valence-electron chi connectivity index (χ3n) is 2.48. The largest absolute Gasteiger partial charge is 0.467 e. The van der Waals surface area contributed by atoms with Gasteiger partial charge in [-0.3, -0.25) is 4.99 Å². The van der Waals surface area contributed by atoms with E-state index >= 15 is 0 Å². The van der Waals surface area contributed by atoms with Crippen molar-refractivity contribution in [3.63, 3.8) is 0 Å². The molecule has 1 unspecified atom stereocenters. The van der Waals surface area contributed by atoms with Gasteiger partial charge in [-0.15, -0.1) is 0 Å². The summed E-state index contributed by atoms with van der Waals surface area (Å²) in [6.07, 6.45) is 3.57. The van der Waals surface area contributed by atoms with Gasteiger partial charge < -0.3 is 16.2 Å². The van der Waals surface area contributed by atoms with Gasteiger partial charge in [0.2, 0.25) is 0 Å². The zero-order chi connectivity index (χ0) is 10.6. The lowest BCUT2D eigenvalue weighted by Gasteiger charge is -2.23. The summed E-state index contributed by atoms with van der Waals surface area (Å²) in [5.41, 5.74) is 11.6. The van der Waals surface area contributed by atoms with Crippen molar-refractivity contribution in [1.82, 2.24) is 0 Å². The molecule has 0 aromatic rings. The monoisotopic (exact) mass is 197 g/mol. The van der Waals surface area contributed by atoms with Crippen LogP contribution in [0.1, 0.15) is 26.7 Å². The predicted molar refractivity (Wildman–Crippen MR) is 58.0 cm³/mol. The number of ether oxygens (including phenoxy) is 1. The van der Waals surface area contributed by atoms with E-state index in [1.165, 1.54) is 0 Å². The molecule has 4 N–H and O–H groups in total. The first-order valence-corrected chi connectivity index (χ1v) is 5.03. The first-order chi connectivity index (χ1) is 6.62. The highest BCUT2D eigenvalue weighted by Gasteiger charge is 2.35. The zero-order valence-corrected chi connectivity index (χ0v) is 8.92. The normalized spacial score (nSPS) is 29.1. The first-order valence-electron chi connectivity index (χ1n) is 5.03. The van der Waals surface area contributed by atoms with Gasteiger partial charge in [-0.1, -0.05) is 6.92 Å². The summed E-state index contributed by atoms with van der Waals surface area (Å²) in [5, 5.41) is 0. The summed E-state index contributed by atoms with van der Waals surface area (Å²) in [6, 6.07) is 0. The van der Waals surface area contributed by atoms with Crippen LogP contribution in [-0.2, 0) is 4.74 Å². The van der Waals surface area contributed by atoms with Gasteiger partial charge in [-0.05, 0) is 26.3 Å². The molecule has 0 saturated carbocycles. The Hall–Kier alpha value is -1.03. The van der Waals surface area contributed by atoms with E-state index < -0.39 is 0 Å². The van der Waals surface area contributed by atoms with E-state index in [1.54, 1.807) is 6.08 Å². The second kappa shape index (κ2) is 4.46. The Kier molecular flexibility index (Phi) is 3.52. The van der Waals surface area contributed by atoms with Crippen molar-refractivity contribution in [2.24, 2.45) is 16.5 Å². The standard InChI is InChI=1S/C10H19N3O/c1-3-10(2)8(7-9(12)14-10)13-6-4-5-11/h7H,3-6,11-12H2,1-2H3. The van der Waals surface area contributed by atoms with Crippen molar-refractivity contribution >= 4 is 5.71 Å². The Morgan fingerprint density at radius 2 is 2.29 bits per heavy atom. The van der Waals surface area contributed by atoms with Gasteiger partial charge in [-0.2, -0.15) is 0 Å². The fraction of sp³-hybridized carbons (Fsp3) is 0.700. The maximum Gasteiger partial charge on any atom is 0.187 e. The number of hydrogen-bond acceptors (Lipinski definition) is 4. The van der Waals surface area contributed by atoms with Crippen molar-refractivity contribution in [2.75, 3.05) is 13.1 Å². The lowest BCUT2D eigenvalue weighted by Crippen LogP contribution is -2.32. The number of nitrogens with zero attached hydrogens (tertiary/aromatic N) is 1. The van der Waals surface area contributed by atoms with Crippen LogP contribution in [0, 0.1) is 0 Å². The quantitative estimate of drug-likeness (QED) is 0.654. The molecule has 1 atom stereocenters. The molecule has 0 amide bonds. The van der Waals surface area contributed by atoms with Gasteiger partial charge in [0.05, 0.1) is 5.71 Å². The third-order valence-corrected chi connectivity index (χ3v) is 2.48. The zero-order valence-electron chi connectivity index (χ0n) is 8.92. The predicted octanol–water partition coefficient (Wildman–Crippen LogP) is 0.775. The van der Waals surface area contributed by atoms with Gasteiger partial charge in [0.25, 0.3) is 0 Å². The number of rotatable bonds is 4. The average Bonchev–Trinajstić information content (AvgIpc) is 2.43. The van der Waals surface area contributed by atoms with Crippen LogP contribution in [0.4, 0.5) is 0 Å². The molecule has 1 aliphatic rings. The van der Waals surface area contributed by atoms with Crippen molar-refractivity contribution < 1.29 is 4.74 Å². The smallest absolute Gasteiger partial charge is 0.187 e. The minimum Gasteiger partial charge on any atom is -0.467 e. The van der Waals surface area contributed by atoms with Crippen LogP contribution in [0.3, 0.4) is 0 Å². The second-order valence-corrected chi connectivity index (χ2v) is 3.64. The summed E-state index contributed by atoms with van der Waals surface area (Å²) in [7, 11) is 0. The molecular weight excluding hydrogens is 178 g/mol. The Morgan fingerprint density at radius 1 is 1.57 bits per heavy atom. The van der Waals surface area contributed by atoms with Crippen LogP contribution >= 0.6 is 0 Å². The van der Waals surface area contributed by atoms with Crippen molar-refractivity contribution in [3.05, 3.63) is 12.0 Å². The van der Waals surface area contributed by atoms with Gasteiger partial charge in [-0.25, -0.2) is 0 Å². The highest BCUT2D eigenvalue weighted by Crippen LogP contribution is 2.26. The molecular formula is C10H19N3O. The van der Waals surface area contributed by atoms with Crippen LogP contribution in [0.15, 0.2) is 17.0 Å². The number of nitrogens with two attached hydrogens (primary N) is 2. The fourth-order valence-corrected chi connectivity index (χ4v) is 1.39. The van der Waals surface area contributed by atoms with Gasteiger partial charge in [0.15, 0.2) is 5.88 Å². The maximum atomic E-state index is 5.61. The topological polar surface area (TPSA) is 73.6 Å². The lowest BCUT2D eigenvalue weighted by molar-refractivity contribution is 0.0870. The van der Waals surface area contributed by atoms with E-state index in [4.69, 9.17) is 16.2 Å². The average molecular weight is 197 g/mol. The third kappa shape index (κ3) is 2.26. The SMILES string of the molecule is CCC1(C)OC(N)=CC1=NCCCN. The van der Waals surface area contributed by atoms with Crippen molar-refractivity contribution in [2.45, 2.75) is 32.3 Å². The molecule has 0 aromatic heterocycles. The molecule has 4 heteroatoms. The van der Waals surface area contributed by atoms with E-state index in [2.05, 4.69) is 11.9 Å². The molecule has 4 nitrogen and oxygen atoms in total. The Morgan fingerprint density at radius 3 is 2.86 bits per heavy atom. The van der Waals surface area contributed by atoms with Crippen LogP contribution in [0.2, 0.25) is 0 Å². The Labute approximate surface area is 85.0 Å². The molecule has 1 heterocycles. The summed E-state index contributed by atoms with van der Waals surface area (Å²) >= 11 is 0. The Bertz CT molecular complexity index is 260. The van der Waals surface area contributed by atoms with Crippen molar-refractivity contribution in [1.29, 1.82) is 0 Å². The minimum atomic E-state index is -0.335. The highest BCUT2D eigenvalue weighted by molar-refractivity contribution is 6.03. The highest BCUT2D eigenvalue weighted by atomic mass is 16.5. The second-order valence-electron chi connectivity index (χ2n) is 3.64. The Balaban J connectivity index is 2.69. The van der Waals surface area contributed by atoms with E-state index in [0.29, 0.717) is 12.4 Å². The molecule has 0 fully saturated rings. The molecule has 0 saturated heterocycles. The number of aliphatic imine (C=N–C) groups is 1. The lowest BCUT2D eigenvalue weighted by atomic mass is 9.98. The number of hydrogen-bond donors (Lipinski definition) is 2. The first kappa shape index (κ1) is 11.0. The molecule has 14 heavy (non-hydrogen) atoms. The molecule has 0 radical (unpaired) electrons. The molecule has 1 aliphatic heterocycles. The van der Waals surface area contributed by atoms with Crippen molar-refractivity contribution in [3.8, 4) is 0 Å². The van der Waals surface area contributed by atoms with Crippen LogP contribution in [0.25, 0.3) is 0 Å². The fourth-order valence-electron chi connectivity index (χ4n) is 1.39.